The molecule has 104 valence electrons. The summed E-state index contributed by atoms with van der Waals surface area (Å²) in [4.78, 5) is 17.9. The molecule has 0 saturated heterocycles. The molecular weight excluding hydrogens is 278 g/mol. The van der Waals surface area contributed by atoms with Crippen LogP contribution in [0.3, 0.4) is 0 Å². The zero-order valence-corrected chi connectivity index (χ0v) is 12.6. The van der Waals surface area contributed by atoms with Crippen LogP contribution in [0.2, 0.25) is 0 Å². The molecule has 2 aromatic carbocycles. The Morgan fingerprint density at radius 3 is 2.57 bits per heavy atom. The SMILES string of the molecule is CSc1ccc(C(=O)Cc2ccnc3ccccc23)cc1. The lowest BCUT2D eigenvalue weighted by atomic mass is 10.0. The minimum Gasteiger partial charge on any atom is -0.294 e. The van der Waals surface area contributed by atoms with Crippen LogP contribution in [0.4, 0.5) is 0 Å². The van der Waals surface area contributed by atoms with E-state index in [0.717, 1.165) is 22.0 Å². The van der Waals surface area contributed by atoms with Crippen LogP contribution >= 0.6 is 11.8 Å². The lowest BCUT2D eigenvalue weighted by molar-refractivity contribution is 0.0993. The predicted octanol–water partition coefficient (Wildman–Crippen LogP) is 4.38. The highest BCUT2D eigenvalue weighted by atomic mass is 32.2. The molecule has 3 rings (SSSR count). The summed E-state index contributed by atoms with van der Waals surface area (Å²) in [6, 6.07) is 17.6. The van der Waals surface area contributed by atoms with Crippen LogP contribution < -0.4 is 0 Å². The van der Waals surface area contributed by atoms with Gasteiger partial charge in [-0.2, -0.15) is 0 Å². The second-order valence-corrected chi connectivity index (χ2v) is 5.70. The lowest BCUT2D eigenvalue weighted by Gasteiger charge is -2.06. The monoisotopic (exact) mass is 293 g/mol. The van der Waals surface area contributed by atoms with Gasteiger partial charge in [0.25, 0.3) is 0 Å². The van der Waals surface area contributed by atoms with Crippen molar-refractivity contribution in [1.82, 2.24) is 4.98 Å². The highest BCUT2D eigenvalue weighted by Crippen LogP contribution is 2.19. The molecule has 0 spiro atoms. The minimum atomic E-state index is 0.138. The number of benzene rings is 2. The summed E-state index contributed by atoms with van der Waals surface area (Å²) in [5.74, 6) is 0.138. The topological polar surface area (TPSA) is 30.0 Å². The summed E-state index contributed by atoms with van der Waals surface area (Å²) in [7, 11) is 0. The van der Waals surface area contributed by atoms with Gasteiger partial charge in [0.15, 0.2) is 5.78 Å². The van der Waals surface area contributed by atoms with Gasteiger partial charge in [-0.15, -0.1) is 11.8 Å². The summed E-state index contributed by atoms with van der Waals surface area (Å²) in [6.45, 7) is 0. The number of carbonyl (C=O) groups excluding carboxylic acids is 1. The van der Waals surface area contributed by atoms with Crippen LogP contribution in [0.25, 0.3) is 10.9 Å². The van der Waals surface area contributed by atoms with Crippen molar-refractivity contribution in [3.05, 3.63) is 71.9 Å². The van der Waals surface area contributed by atoms with E-state index in [2.05, 4.69) is 4.98 Å². The third-order valence-electron chi connectivity index (χ3n) is 3.50. The van der Waals surface area contributed by atoms with E-state index in [0.29, 0.717) is 6.42 Å². The van der Waals surface area contributed by atoms with E-state index in [1.807, 2.05) is 60.9 Å². The van der Waals surface area contributed by atoms with Crippen molar-refractivity contribution >= 4 is 28.4 Å². The summed E-state index contributed by atoms with van der Waals surface area (Å²) in [5.41, 5.74) is 2.72. The predicted molar refractivity (Wildman–Crippen MR) is 88.0 cm³/mol. The third kappa shape index (κ3) is 2.98. The van der Waals surface area contributed by atoms with Crippen LogP contribution in [-0.4, -0.2) is 17.0 Å². The quantitative estimate of drug-likeness (QED) is 0.528. The largest absolute Gasteiger partial charge is 0.294 e. The molecule has 0 saturated carbocycles. The number of aromatic nitrogens is 1. The Hall–Kier alpha value is -2.13. The summed E-state index contributed by atoms with van der Waals surface area (Å²) >= 11 is 1.68. The summed E-state index contributed by atoms with van der Waals surface area (Å²) < 4.78 is 0. The highest BCUT2D eigenvalue weighted by Gasteiger charge is 2.09. The van der Waals surface area contributed by atoms with Crippen molar-refractivity contribution in [3.8, 4) is 0 Å². The first-order valence-electron chi connectivity index (χ1n) is 6.78. The summed E-state index contributed by atoms with van der Waals surface area (Å²) in [6.07, 6.45) is 4.20. The first-order valence-corrected chi connectivity index (χ1v) is 8.00. The number of hydrogen-bond acceptors (Lipinski definition) is 3. The van der Waals surface area contributed by atoms with Gasteiger partial charge in [0.05, 0.1) is 5.52 Å². The zero-order chi connectivity index (χ0) is 14.7. The fraction of sp³-hybridized carbons (Fsp3) is 0.111. The van der Waals surface area contributed by atoms with Gasteiger partial charge >= 0.3 is 0 Å². The van der Waals surface area contributed by atoms with Gasteiger partial charge in [0.2, 0.25) is 0 Å². The van der Waals surface area contributed by atoms with E-state index < -0.39 is 0 Å². The molecule has 1 aromatic heterocycles. The molecule has 0 aliphatic carbocycles. The van der Waals surface area contributed by atoms with E-state index >= 15 is 0 Å². The average Bonchev–Trinajstić information content (AvgIpc) is 2.55. The standard InChI is InChI=1S/C18H15NOS/c1-21-15-8-6-13(7-9-15)18(20)12-14-10-11-19-17-5-3-2-4-16(14)17/h2-11H,12H2,1H3. The molecule has 3 heteroatoms. The van der Waals surface area contributed by atoms with Crippen molar-refractivity contribution in [2.24, 2.45) is 0 Å². The summed E-state index contributed by atoms with van der Waals surface area (Å²) in [5, 5.41) is 1.05. The molecular formula is C18H15NOS. The van der Waals surface area contributed by atoms with Crippen LogP contribution in [0.5, 0.6) is 0 Å². The van der Waals surface area contributed by atoms with E-state index in [1.165, 1.54) is 4.90 Å². The number of hydrogen-bond donors (Lipinski definition) is 0. The Morgan fingerprint density at radius 2 is 1.81 bits per heavy atom. The van der Waals surface area contributed by atoms with Gasteiger partial charge in [0, 0.05) is 28.5 Å². The van der Waals surface area contributed by atoms with Crippen molar-refractivity contribution in [2.45, 2.75) is 11.3 Å². The molecule has 0 aliphatic rings. The maximum atomic E-state index is 12.4. The maximum absolute atomic E-state index is 12.4. The number of nitrogens with zero attached hydrogens (tertiary/aromatic N) is 1. The molecule has 1 heterocycles. The van der Waals surface area contributed by atoms with Crippen molar-refractivity contribution < 1.29 is 4.79 Å². The fourth-order valence-electron chi connectivity index (χ4n) is 2.36. The van der Waals surface area contributed by atoms with Gasteiger partial charge in [-0.05, 0) is 36.1 Å². The molecule has 0 fully saturated rings. The van der Waals surface area contributed by atoms with E-state index in [-0.39, 0.29) is 5.78 Å². The van der Waals surface area contributed by atoms with Crippen molar-refractivity contribution in [3.63, 3.8) is 0 Å². The second kappa shape index (κ2) is 6.10. The third-order valence-corrected chi connectivity index (χ3v) is 4.25. The molecule has 0 bridgehead atoms. The Morgan fingerprint density at radius 1 is 1.05 bits per heavy atom. The second-order valence-electron chi connectivity index (χ2n) is 4.82. The molecule has 2 nitrogen and oxygen atoms in total. The number of thioether (sulfide) groups is 1. The van der Waals surface area contributed by atoms with Crippen molar-refractivity contribution in [2.75, 3.05) is 6.26 Å². The van der Waals surface area contributed by atoms with Gasteiger partial charge < -0.3 is 0 Å². The van der Waals surface area contributed by atoms with Crippen LogP contribution in [0.1, 0.15) is 15.9 Å². The van der Waals surface area contributed by atoms with Gasteiger partial charge in [-0.3, -0.25) is 9.78 Å². The van der Waals surface area contributed by atoms with E-state index in [4.69, 9.17) is 0 Å². The minimum absolute atomic E-state index is 0.138. The molecule has 0 unspecified atom stereocenters. The van der Waals surface area contributed by atoms with Crippen molar-refractivity contribution in [1.29, 1.82) is 0 Å². The van der Waals surface area contributed by atoms with E-state index in [9.17, 15) is 4.79 Å². The average molecular weight is 293 g/mol. The number of para-hydroxylation sites is 1. The number of rotatable bonds is 4. The first kappa shape index (κ1) is 13.8. The number of carbonyl (C=O) groups is 1. The molecule has 0 amide bonds. The Balaban J connectivity index is 1.89. The van der Waals surface area contributed by atoms with Gasteiger partial charge in [-0.1, -0.05) is 30.3 Å². The zero-order valence-electron chi connectivity index (χ0n) is 11.7. The normalized spacial score (nSPS) is 10.7. The smallest absolute Gasteiger partial charge is 0.167 e. The first-order chi connectivity index (χ1) is 10.3. The molecule has 0 radical (unpaired) electrons. The van der Waals surface area contributed by atoms with Crippen LogP contribution in [0.15, 0.2) is 65.7 Å². The molecule has 3 aromatic rings. The maximum Gasteiger partial charge on any atom is 0.167 e. The van der Waals surface area contributed by atoms with Gasteiger partial charge in [-0.25, -0.2) is 0 Å². The highest BCUT2D eigenvalue weighted by molar-refractivity contribution is 7.98. The van der Waals surface area contributed by atoms with Crippen LogP contribution in [0, 0.1) is 0 Å². The van der Waals surface area contributed by atoms with Gasteiger partial charge in [0.1, 0.15) is 0 Å². The lowest BCUT2D eigenvalue weighted by Crippen LogP contribution is -2.04. The Bertz CT molecular complexity index is 775. The molecule has 21 heavy (non-hydrogen) atoms. The number of fused-ring (bicyclic) bond motifs is 1. The fourth-order valence-corrected chi connectivity index (χ4v) is 2.77. The van der Waals surface area contributed by atoms with E-state index in [1.54, 1.807) is 18.0 Å². The Kier molecular flexibility index (Phi) is 4.02. The molecule has 0 aliphatic heterocycles. The number of Topliss-reactive ketones (excluding diaryl/α,β-unsaturated/α-hetero) is 1. The molecule has 0 N–H and O–H groups in total. The molecule has 0 atom stereocenters. The Labute approximate surface area is 128 Å². The number of pyridine rings is 1. The number of ketones is 1. The van der Waals surface area contributed by atoms with Crippen LogP contribution in [-0.2, 0) is 6.42 Å².